The fourth-order valence-electron chi connectivity index (χ4n) is 4.44. The Hall–Kier alpha value is -2.18. The van der Waals surface area contributed by atoms with Gasteiger partial charge in [0, 0.05) is 10.9 Å². The second-order valence-corrected chi connectivity index (χ2v) is 8.60. The first-order valence-corrected chi connectivity index (χ1v) is 10.4. The van der Waals surface area contributed by atoms with E-state index in [0.717, 1.165) is 44.1 Å². The summed E-state index contributed by atoms with van der Waals surface area (Å²) >= 11 is 1.51. The molecule has 0 unspecified atom stereocenters. The third kappa shape index (κ3) is 3.51. The lowest BCUT2D eigenvalue weighted by atomic mass is 9.87. The van der Waals surface area contributed by atoms with Gasteiger partial charge in [0.1, 0.15) is 5.00 Å². The molecule has 0 saturated carbocycles. The van der Waals surface area contributed by atoms with Crippen LogP contribution in [0.3, 0.4) is 0 Å². The minimum absolute atomic E-state index is 0.0945. The number of likely N-dealkylation sites (N-methyl/N-ethyl adjacent to an activating group) is 1. The highest BCUT2D eigenvalue weighted by Gasteiger charge is 2.28. The van der Waals surface area contributed by atoms with Crippen LogP contribution >= 0.6 is 11.3 Å². The number of hydrogen-bond acceptors (Lipinski definition) is 4. The van der Waals surface area contributed by atoms with Crippen molar-refractivity contribution in [2.75, 3.05) is 18.9 Å². The van der Waals surface area contributed by atoms with Gasteiger partial charge >= 0.3 is 0 Å². The van der Waals surface area contributed by atoms with Crippen LogP contribution in [0, 0.1) is 0 Å². The van der Waals surface area contributed by atoms with Gasteiger partial charge in [-0.1, -0.05) is 24.3 Å². The van der Waals surface area contributed by atoms with Crippen molar-refractivity contribution >= 4 is 28.2 Å². The summed E-state index contributed by atoms with van der Waals surface area (Å²) in [5, 5.41) is 3.57. The number of nitrogens with one attached hydrogen (secondary N) is 1. The molecule has 1 aromatic carbocycles. The summed E-state index contributed by atoms with van der Waals surface area (Å²) in [7, 11) is 2.00. The van der Waals surface area contributed by atoms with Crippen molar-refractivity contribution in [2.45, 2.75) is 44.6 Å². The van der Waals surface area contributed by atoms with E-state index < -0.39 is 5.91 Å². The largest absolute Gasteiger partial charge is 0.365 e. The summed E-state index contributed by atoms with van der Waals surface area (Å²) in [6.45, 7) is 0.291. The zero-order valence-corrected chi connectivity index (χ0v) is 16.4. The van der Waals surface area contributed by atoms with Gasteiger partial charge in [0.05, 0.1) is 12.1 Å². The number of primary amides is 1. The number of amides is 2. The fourth-order valence-corrected chi connectivity index (χ4v) is 5.75. The smallest absolute Gasteiger partial charge is 0.251 e. The lowest BCUT2D eigenvalue weighted by molar-refractivity contribution is -0.117. The van der Waals surface area contributed by atoms with Gasteiger partial charge in [0.15, 0.2) is 0 Å². The van der Waals surface area contributed by atoms with Crippen LogP contribution in [-0.4, -0.2) is 30.3 Å². The molecule has 6 heteroatoms. The van der Waals surface area contributed by atoms with E-state index in [1.54, 1.807) is 0 Å². The van der Waals surface area contributed by atoms with E-state index in [2.05, 4.69) is 34.5 Å². The molecule has 2 amide bonds. The standard InChI is InChI=1S/C21H25N3O2S/c1-24(16-10-4-7-13-6-2-3-8-14(13)16)12-18(25)23-21-19(20(22)26)15-9-5-11-17(15)27-21/h2-3,6,8,16H,4-5,7,9-12H2,1H3,(H2,22,26)(H,23,25)/t16-/m1/s1. The Balaban J connectivity index is 1.47. The third-order valence-electron chi connectivity index (χ3n) is 5.68. The average Bonchev–Trinajstić information content (AvgIpc) is 3.21. The molecule has 0 bridgehead atoms. The number of aryl methyl sites for hydroxylation is 2. The zero-order valence-electron chi connectivity index (χ0n) is 15.6. The molecule has 1 atom stereocenters. The topological polar surface area (TPSA) is 75.4 Å². The Morgan fingerprint density at radius 3 is 2.85 bits per heavy atom. The van der Waals surface area contributed by atoms with E-state index >= 15 is 0 Å². The number of nitrogens with zero attached hydrogens (tertiary/aromatic N) is 1. The van der Waals surface area contributed by atoms with Gasteiger partial charge in [-0.2, -0.15) is 0 Å². The zero-order chi connectivity index (χ0) is 19.0. The van der Waals surface area contributed by atoms with E-state index in [9.17, 15) is 9.59 Å². The number of fused-ring (bicyclic) bond motifs is 2. The van der Waals surface area contributed by atoms with Crippen LogP contribution in [-0.2, 0) is 24.1 Å². The summed E-state index contributed by atoms with van der Waals surface area (Å²) in [5.41, 5.74) is 9.85. The summed E-state index contributed by atoms with van der Waals surface area (Å²) in [5.74, 6) is -0.540. The summed E-state index contributed by atoms with van der Waals surface area (Å²) in [6, 6.07) is 8.75. The van der Waals surface area contributed by atoms with Crippen LogP contribution in [0.25, 0.3) is 0 Å². The molecule has 142 valence electrons. The van der Waals surface area contributed by atoms with Gasteiger partial charge < -0.3 is 11.1 Å². The highest BCUT2D eigenvalue weighted by atomic mass is 32.1. The summed E-state index contributed by atoms with van der Waals surface area (Å²) < 4.78 is 0. The van der Waals surface area contributed by atoms with Crippen LogP contribution < -0.4 is 11.1 Å². The van der Waals surface area contributed by atoms with Crippen LogP contribution in [0.2, 0.25) is 0 Å². The second kappa shape index (κ2) is 7.44. The minimum atomic E-state index is -0.445. The predicted octanol–water partition coefficient (Wildman–Crippen LogP) is 3.28. The Labute approximate surface area is 163 Å². The summed E-state index contributed by atoms with van der Waals surface area (Å²) in [4.78, 5) is 27.9. The Morgan fingerprint density at radius 2 is 2.04 bits per heavy atom. The van der Waals surface area contributed by atoms with Crippen molar-refractivity contribution in [1.29, 1.82) is 0 Å². The Bertz CT molecular complexity index is 890. The van der Waals surface area contributed by atoms with Crippen LogP contribution in [0.15, 0.2) is 24.3 Å². The number of carbonyl (C=O) groups is 2. The number of benzene rings is 1. The molecule has 5 nitrogen and oxygen atoms in total. The van der Waals surface area contributed by atoms with Gasteiger partial charge in [-0.15, -0.1) is 11.3 Å². The van der Waals surface area contributed by atoms with E-state index in [4.69, 9.17) is 5.73 Å². The Morgan fingerprint density at radius 1 is 1.22 bits per heavy atom. The number of carbonyl (C=O) groups excluding carboxylic acids is 2. The molecule has 2 aliphatic rings. The number of hydrogen-bond donors (Lipinski definition) is 2. The summed E-state index contributed by atoms with van der Waals surface area (Å²) in [6.07, 6.45) is 6.19. The molecule has 0 fully saturated rings. The van der Waals surface area contributed by atoms with Crippen molar-refractivity contribution < 1.29 is 9.59 Å². The molecule has 2 aliphatic carbocycles. The Kier molecular flexibility index (Phi) is 5.02. The first kappa shape index (κ1) is 18.2. The lowest BCUT2D eigenvalue weighted by Crippen LogP contribution is -2.35. The quantitative estimate of drug-likeness (QED) is 0.832. The highest BCUT2D eigenvalue weighted by molar-refractivity contribution is 7.17. The minimum Gasteiger partial charge on any atom is -0.365 e. The molecule has 0 spiro atoms. The lowest BCUT2D eigenvalue weighted by Gasteiger charge is -2.32. The van der Waals surface area contributed by atoms with Crippen molar-refractivity contribution in [2.24, 2.45) is 5.73 Å². The van der Waals surface area contributed by atoms with Crippen molar-refractivity contribution in [1.82, 2.24) is 4.90 Å². The van der Waals surface area contributed by atoms with E-state index in [-0.39, 0.29) is 11.9 Å². The molecule has 0 aliphatic heterocycles. The molecule has 0 saturated heterocycles. The molecule has 2 aromatic rings. The van der Waals surface area contributed by atoms with Gasteiger partial charge in [0.2, 0.25) is 5.91 Å². The highest BCUT2D eigenvalue weighted by Crippen LogP contribution is 2.39. The van der Waals surface area contributed by atoms with E-state index in [1.165, 1.54) is 27.3 Å². The maximum atomic E-state index is 12.7. The predicted molar refractivity (Wildman–Crippen MR) is 108 cm³/mol. The molecule has 0 radical (unpaired) electrons. The molecule has 27 heavy (non-hydrogen) atoms. The molecule has 1 aromatic heterocycles. The van der Waals surface area contributed by atoms with Gasteiger partial charge in [-0.25, -0.2) is 0 Å². The second-order valence-electron chi connectivity index (χ2n) is 7.50. The van der Waals surface area contributed by atoms with Crippen molar-refractivity contribution in [3.63, 3.8) is 0 Å². The van der Waals surface area contributed by atoms with E-state index in [0.29, 0.717) is 17.1 Å². The maximum absolute atomic E-state index is 12.7. The number of nitrogens with two attached hydrogens (primary N) is 1. The maximum Gasteiger partial charge on any atom is 0.251 e. The van der Waals surface area contributed by atoms with E-state index in [1.807, 2.05) is 7.05 Å². The fraction of sp³-hybridized carbons (Fsp3) is 0.429. The van der Waals surface area contributed by atoms with Crippen LogP contribution in [0.4, 0.5) is 5.00 Å². The first-order chi connectivity index (χ1) is 13.0. The average molecular weight is 384 g/mol. The molecule has 3 N–H and O–H groups in total. The molecule has 1 heterocycles. The normalized spacial score (nSPS) is 18.2. The number of rotatable bonds is 5. The molecular formula is C21H25N3O2S. The first-order valence-electron chi connectivity index (χ1n) is 9.57. The molecular weight excluding hydrogens is 358 g/mol. The van der Waals surface area contributed by atoms with Gasteiger partial charge in [-0.05, 0) is 62.3 Å². The number of thiophene rings is 1. The molecule has 4 rings (SSSR count). The SMILES string of the molecule is CN(CC(=O)Nc1sc2c(c1C(N)=O)CCC2)[C@@H]1CCCc2ccccc21. The van der Waals surface area contributed by atoms with Crippen molar-refractivity contribution in [3.8, 4) is 0 Å². The van der Waals surface area contributed by atoms with Crippen LogP contribution in [0.1, 0.15) is 57.2 Å². The van der Waals surface area contributed by atoms with Gasteiger partial charge in [0.25, 0.3) is 5.91 Å². The third-order valence-corrected chi connectivity index (χ3v) is 6.89. The monoisotopic (exact) mass is 383 g/mol. The van der Waals surface area contributed by atoms with Gasteiger partial charge in [-0.3, -0.25) is 14.5 Å². The van der Waals surface area contributed by atoms with Crippen LogP contribution in [0.5, 0.6) is 0 Å². The van der Waals surface area contributed by atoms with Crippen molar-refractivity contribution in [3.05, 3.63) is 51.4 Å². The number of anilines is 1.